The van der Waals surface area contributed by atoms with Crippen molar-refractivity contribution < 1.29 is 0 Å². The largest absolute Gasteiger partial charge is 0.311 e. The van der Waals surface area contributed by atoms with Gasteiger partial charge in [0.2, 0.25) is 0 Å². The van der Waals surface area contributed by atoms with Crippen LogP contribution in [0.15, 0.2) is 0 Å². The quantitative estimate of drug-likeness (QED) is 0.754. The van der Waals surface area contributed by atoms with E-state index in [1.54, 1.807) is 0 Å². The molecule has 0 aromatic carbocycles. The highest BCUT2D eigenvalue weighted by Gasteiger charge is 2.53. The summed E-state index contributed by atoms with van der Waals surface area (Å²) in [7, 11) is 0. The SMILES string of the molecule is CC1NC(C)C1C1CC[C@H](C)C1C1C[C@@H]1C. The van der Waals surface area contributed by atoms with Crippen LogP contribution in [0.5, 0.6) is 0 Å². The minimum absolute atomic E-state index is 0.779. The summed E-state index contributed by atoms with van der Waals surface area (Å²) in [5.41, 5.74) is 0. The fourth-order valence-corrected chi connectivity index (χ4v) is 5.03. The molecule has 0 aromatic rings. The molecule has 2 saturated carbocycles. The molecule has 7 atom stereocenters. The van der Waals surface area contributed by atoms with Crippen molar-refractivity contribution in [2.45, 2.75) is 59.0 Å². The van der Waals surface area contributed by atoms with Gasteiger partial charge in [-0.05, 0) is 62.2 Å². The molecular weight excluding hydrogens is 194 g/mol. The fourth-order valence-electron chi connectivity index (χ4n) is 5.03. The number of nitrogens with one attached hydrogen (secondary N) is 1. The van der Waals surface area contributed by atoms with Crippen molar-refractivity contribution >= 4 is 0 Å². The molecule has 2 aliphatic carbocycles. The summed E-state index contributed by atoms with van der Waals surface area (Å²) >= 11 is 0. The Morgan fingerprint density at radius 2 is 1.38 bits per heavy atom. The molecule has 0 bridgehead atoms. The van der Waals surface area contributed by atoms with Gasteiger partial charge in [-0.2, -0.15) is 0 Å². The van der Waals surface area contributed by atoms with Crippen molar-refractivity contribution in [3.8, 4) is 0 Å². The first-order valence-corrected chi connectivity index (χ1v) is 7.35. The van der Waals surface area contributed by atoms with E-state index in [-0.39, 0.29) is 0 Å². The van der Waals surface area contributed by atoms with E-state index in [0.29, 0.717) is 0 Å². The second kappa shape index (κ2) is 3.73. The smallest absolute Gasteiger partial charge is 0.00871 e. The molecule has 5 unspecified atom stereocenters. The lowest BCUT2D eigenvalue weighted by molar-refractivity contribution is 0.0638. The Labute approximate surface area is 100 Å². The van der Waals surface area contributed by atoms with E-state index in [0.717, 1.165) is 47.6 Å². The second-order valence-electron chi connectivity index (χ2n) is 6.99. The third-order valence-corrected chi connectivity index (χ3v) is 5.95. The maximum atomic E-state index is 3.64. The molecule has 1 heterocycles. The van der Waals surface area contributed by atoms with Crippen molar-refractivity contribution in [3.63, 3.8) is 0 Å². The van der Waals surface area contributed by atoms with Crippen LogP contribution in [0, 0.1) is 35.5 Å². The van der Waals surface area contributed by atoms with E-state index >= 15 is 0 Å². The van der Waals surface area contributed by atoms with Gasteiger partial charge in [-0.15, -0.1) is 0 Å². The Bertz CT molecular complexity index is 267. The van der Waals surface area contributed by atoms with Crippen molar-refractivity contribution in [1.29, 1.82) is 0 Å². The number of hydrogen-bond donors (Lipinski definition) is 1. The molecule has 3 fully saturated rings. The van der Waals surface area contributed by atoms with Crippen LogP contribution in [0.2, 0.25) is 0 Å². The molecule has 1 nitrogen and oxygen atoms in total. The molecule has 0 aromatic heterocycles. The van der Waals surface area contributed by atoms with Crippen LogP contribution >= 0.6 is 0 Å². The minimum Gasteiger partial charge on any atom is -0.311 e. The van der Waals surface area contributed by atoms with E-state index in [1.165, 1.54) is 19.3 Å². The molecule has 3 rings (SSSR count). The Kier molecular flexibility index (Phi) is 2.58. The van der Waals surface area contributed by atoms with Gasteiger partial charge in [0.25, 0.3) is 0 Å². The molecule has 1 N–H and O–H groups in total. The lowest BCUT2D eigenvalue weighted by atomic mass is 9.68. The van der Waals surface area contributed by atoms with E-state index in [2.05, 4.69) is 33.0 Å². The summed E-state index contributed by atoms with van der Waals surface area (Å²) in [5.74, 6) is 6.19. The van der Waals surface area contributed by atoms with Crippen LogP contribution in [0.25, 0.3) is 0 Å². The Balaban J connectivity index is 1.74. The van der Waals surface area contributed by atoms with Gasteiger partial charge in [0.1, 0.15) is 0 Å². The molecule has 1 heteroatoms. The zero-order valence-corrected chi connectivity index (χ0v) is 11.2. The van der Waals surface area contributed by atoms with E-state index in [9.17, 15) is 0 Å². The van der Waals surface area contributed by atoms with Gasteiger partial charge in [-0.1, -0.05) is 20.3 Å². The highest BCUT2D eigenvalue weighted by molar-refractivity contribution is 5.05. The minimum atomic E-state index is 0.779. The molecule has 92 valence electrons. The van der Waals surface area contributed by atoms with E-state index in [4.69, 9.17) is 0 Å². The average Bonchev–Trinajstić information content (AvgIpc) is 2.80. The van der Waals surface area contributed by atoms with Gasteiger partial charge < -0.3 is 5.32 Å². The van der Waals surface area contributed by atoms with Crippen LogP contribution in [-0.2, 0) is 0 Å². The fraction of sp³-hybridized carbons (Fsp3) is 1.00. The molecule has 1 saturated heterocycles. The highest BCUT2D eigenvalue weighted by atomic mass is 15.0. The normalized spacial score (nSPS) is 60.8. The lowest BCUT2D eigenvalue weighted by Crippen LogP contribution is -2.61. The summed E-state index contributed by atoms with van der Waals surface area (Å²) < 4.78 is 0. The highest BCUT2D eigenvalue weighted by Crippen LogP contribution is 2.57. The second-order valence-corrected chi connectivity index (χ2v) is 6.99. The van der Waals surface area contributed by atoms with Gasteiger partial charge in [0.15, 0.2) is 0 Å². The maximum Gasteiger partial charge on any atom is 0.00871 e. The van der Waals surface area contributed by atoms with Crippen molar-refractivity contribution in [3.05, 3.63) is 0 Å². The summed E-state index contributed by atoms with van der Waals surface area (Å²) in [5, 5.41) is 3.64. The topological polar surface area (TPSA) is 12.0 Å². The summed E-state index contributed by atoms with van der Waals surface area (Å²) in [6, 6.07) is 1.56. The third-order valence-electron chi connectivity index (χ3n) is 5.95. The monoisotopic (exact) mass is 221 g/mol. The molecule has 1 aliphatic heterocycles. The first kappa shape index (κ1) is 11.1. The first-order chi connectivity index (χ1) is 7.59. The van der Waals surface area contributed by atoms with E-state index < -0.39 is 0 Å². The Morgan fingerprint density at radius 3 is 1.88 bits per heavy atom. The zero-order chi connectivity index (χ0) is 11.4. The molecular formula is C15H27N. The predicted molar refractivity (Wildman–Crippen MR) is 68.2 cm³/mol. The zero-order valence-electron chi connectivity index (χ0n) is 11.2. The van der Waals surface area contributed by atoms with Gasteiger partial charge >= 0.3 is 0 Å². The van der Waals surface area contributed by atoms with Crippen molar-refractivity contribution in [1.82, 2.24) is 5.32 Å². The molecule has 0 radical (unpaired) electrons. The van der Waals surface area contributed by atoms with Gasteiger partial charge in [-0.25, -0.2) is 0 Å². The van der Waals surface area contributed by atoms with Gasteiger partial charge in [0.05, 0.1) is 0 Å². The standard InChI is InChI=1S/C15H27N/c1-8-5-6-12(14(8)13-7-9(13)2)15-10(3)16-11(15)4/h8-16H,5-7H2,1-4H3/t8-,9-,10?,11?,12?,13?,14?,15?/m0/s1. The molecule has 0 amide bonds. The summed E-state index contributed by atoms with van der Waals surface area (Å²) in [6.07, 6.45) is 4.53. The Morgan fingerprint density at radius 1 is 0.750 bits per heavy atom. The third kappa shape index (κ3) is 1.54. The number of hydrogen-bond acceptors (Lipinski definition) is 1. The molecule has 0 spiro atoms. The predicted octanol–water partition coefficient (Wildman–Crippen LogP) is 3.30. The average molecular weight is 221 g/mol. The lowest BCUT2D eigenvalue weighted by Gasteiger charge is -2.48. The van der Waals surface area contributed by atoms with Gasteiger partial charge in [0, 0.05) is 12.1 Å². The molecule has 3 aliphatic rings. The van der Waals surface area contributed by atoms with Crippen LogP contribution < -0.4 is 5.32 Å². The van der Waals surface area contributed by atoms with Crippen LogP contribution in [0.3, 0.4) is 0 Å². The molecule has 16 heavy (non-hydrogen) atoms. The van der Waals surface area contributed by atoms with Gasteiger partial charge in [-0.3, -0.25) is 0 Å². The Hall–Kier alpha value is -0.0400. The summed E-state index contributed by atoms with van der Waals surface area (Å²) in [6.45, 7) is 9.75. The van der Waals surface area contributed by atoms with Crippen LogP contribution in [-0.4, -0.2) is 12.1 Å². The van der Waals surface area contributed by atoms with Crippen molar-refractivity contribution in [2.75, 3.05) is 0 Å². The van der Waals surface area contributed by atoms with Crippen LogP contribution in [0.4, 0.5) is 0 Å². The van der Waals surface area contributed by atoms with Crippen LogP contribution in [0.1, 0.15) is 47.0 Å². The summed E-state index contributed by atoms with van der Waals surface area (Å²) in [4.78, 5) is 0. The van der Waals surface area contributed by atoms with E-state index in [1.807, 2.05) is 0 Å². The first-order valence-electron chi connectivity index (χ1n) is 7.35. The maximum absolute atomic E-state index is 3.64. The number of rotatable bonds is 2. The van der Waals surface area contributed by atoms with Crippen molar-refractivity contribution in [2.24, 2.45) is 35.5 Å².